The van der Waals surface area contributed by atoms with Gasteiger partial charge in [-0.25, -0.2) is 0 Å². The van der Waals surface area contributed by atoms with Crippen LogP contribution in [0.2, 0.25) is 0 Å². The van der Waals surface area contributed by atoms with Crippen LogP contribution in [0.25, 0.3) is 0 Å². The van der Waals surface area contributed by atoms with Crippen LogP contribution in [-0.2, 0) is 4.79 Å². The van der Waals surface area contributed by atoms with Crippen molar-refractivity contribution < 1.29 is 4.79 Å². The molecular formula is C8H16N2O. The maximum Gasteiger partial charge on any atom is 0.125 e. The molecule has 3 heteroatoms. The van der Waals surface area contributed by atoms with Gasteiger partial charge in [0.15, 0.2) is 0 Å². The first kappa shape index (κ1) is 8.68. The standard InChI is InChI=1S/C8H16N2O/c1-10(2)8-7(6-11)4-3-5-9-8/h6-9H,3-5H2,1-2H3. The van der Waals surface area contributed by atoms with Crippen LogP contribution in [0.3, 0.4) is 0 Å². The van der Waals surface area contributed by atoms with Gasteiger partial charge in [-0.3, -0.25) is 4.90 Å². The number of hydrogen-bond donors (Lipinski definition) is 1. The normalized spacial score (nSPS) is 32.3. The van der Waals surface area contributed by atoms with Crippen molar-refractivity contribution in [2.24, 2.45) is 5.92 Å². The maximum atomic E-state index is 10.6. The highest BCUT2D eigenvalue weighted by atomic mass is 16.1. The van der Waals surface area contributed by atoms with E-state index >= 15 is 0 Å². The Labute approximate surface area is 67.8 Å². The number of rotatable bonds is 2. The minimum absolute atomic E-state index is 0.179. The molecule has 1 aliphatic heterocycles. The lowest BCUT2D eigenvalue weighted by molar-refractivity contribution is -0.114. The van der Waals surface area contributed by atoms with E-state index in [9.17, 15) is 4.79 Å². The number of hydrogen-bond acceptors (Lipinski definition) is 3. The Morgan fingerprint density at radius 3 is 2.73 bits per heavy atom. The summed E-state index contributed by atoms with van der Waals surface area (Å²) in [4.78, 5) is 12.7. The summed E-state index contributed by atoms with van der Waals surface area (Å²) in [6.07, 6.45) is 3.46. The Kier molecular flexibility index (Phi) is 3.02. The van der Waals surface area contributed by atoms with E-state index in [1.54, 1.807) is 0 Å². The number of aldehydes is 1. The van der Waals surface area contributed by atoms with Gasteiger partial charge in [0.1, 0.15) is 6.29 Å². The lowest BCUT2D eigenvalue weighted by atomic mass is 9.97. The topological polar surface area (TPSA) is 32.3 Å². The van der Waals surface area contributed by atoms with Crippen LogP contribution in [0.4, 0.5) is 0 Å². The molecule has 1 N–H and O–H groups in total. The fourth-order valence-corrected chi connectivity index (χ4v) is 1.60. The van der Waals surface area contributed by atoms with Crippen LogP contribution in [0.5, 0.6) is 0 Å². The van der Waals surface area contributed by atoms with Gasteiger partial charge in [-0.05, 0) is 33.5 Å². The van der Waals surface area contributed by atoms with Crippen LogP contribution in [-0.4, -0.2) is 38.0 Å². The van der Waals surface area contributed by atoms with E-state index in [1.165, 1.54) is 0 Å². The fraction of sp³-hybridized carbons (Fsp3) is 0.875. The number of nitrogens with zero attached hydrogens (tertiary/aromatic N) is 1. The van der Waals surface area contributed by atoms with Crippen molar-refractivity contribution in [1.29, 1.82) is 0 Å². The average Bonchev–Trinajstić information content (AvgIpc) is 2.04. The SMILES string of the molecule is CN(C)C1NCCCC1C=O. The zero-order valence-electron chi connectivity index (χ0n) is 7.21. The second-order valence-electron chi connectivity index (χ2n) is 3.30. The predicted octanol–water partition coefficient (Wildman–Crippen LogP) is 0.0726. The maximum absolute atomic E-state index is 10.6. The smallest absolute Gasteiger partial charge is 0.125 e. The van der Waals surface area contributed by atoms with Gasteiger partial charge in [0.25, 0.3) is 0 Å². The van der Waals surface area contributed by atoms with Crippen molar-refractivity contribution >= 4 is 6.29 Å². The third kappa shape index (κ3) is 2.01. The molecule has 0 spiro atoms. The number of carbonyl (C=O) groups excluding carboxylic acids is 1. The van der Waals surface area contributed by atoms with E-state index in [4.69, 9.17) is 0 Å². The molecule has 1 aliphatic rings. The molecule has 0 radical (unpaired) electrons. The van der Waals surface area contributed by atoms with Gasteiger partial charge in [-0.1, -0.05) is 0 Å². The molecule has 0 aromatic heterocycles. The Balaban J connectivity index is 2.51. The summed E-state index contributed by atoms with van der Waals surface area (Å²) in [5.74, 6) is 0.179. The lowest BCUT2D eigenvalue weighted by Crippen LogP contribution is -2.50. The van der Waals surface area contributed by atoms with Gasteiger partial charge in [0, 0.05) is 5.92 Å². The van der Waals surface area contributed by atoms with Gasteiger partial charge in [0.05, 0.1) is 6.17 Å². The zero-order valence-corrected chi connectivity index (χ0v) is 7.21. The van der Waals surface area contributed by atoms with Gasteiger partial charge in [-0.2, -0.15) is 0 Å². The van der Waals surface area contributed by atoms with Gasteiger partial charge >= 0.3 is 0 Å². The van der Waals surface area contributed by atoms with Crippen LogP contribution in [0, 0.1) is 5.92 Å². The van der Waals surface area contributed by atoms with Crippen LogP contribution >= 0.6 is 0 Å². The van der Waals surface area contributed by atoms with E-state index in [0.29, 0.717) is 0 Å². The first-order valence-corrected chi connectivity index (χ1v) is 4.11. The number of nitrogens with one attached hydrogen (secondary N) is 1. The highest BCUT2D eigenvalue weighted by molar-refractivity contribution is 5.54. The molecule has 2 atom stereocenters. The second-order valence-corrected chi connectivity index (χ2v) is 3.30. The quantitative estimate of drug-likeness (QED) is 0.574. The number of carbonyl (C=O) groups is 1. The van der Waals surface area contributed by atoms with Crippen molar-refractivity contribution in [2.45, 2.75) is 19.0 Å². The summed E-state index contributed by atoms with van der Waals surface area (Å²) < 4.78 is 0. The molecule has 2 unspecified atom stereocenters. The molecular weight excluding hydrogens is 140 g/mol. The largest absolute Gasteiger partial charge is 0.303 e. The van der Waals surface area contributed by atoms with Crippen molar-refractivity contribution in [3.63, 3.8) is 0 Å². The highest BCUT2D eigenvalue weighted by Crippen LogP contribution is 2.14. The molecule has 1 heterocycles. The van der Waals surface area contributed by atoms with Crippen molar-refractivity contribution in [1.82, 2.24) is 10.2 Å². The Morgan fingerprint density at radius 1 is 1.55 bits per heavy atom. The summed E-state index contributed by atoms with van der Waals surface area (Å²) in [5.41, 5.74) is 0. The molecule has 0 aliphatic carbocycles. The monoisotopic (exact) mass is 156 g/mol. The third-order valence-corrected chi connectivity index (χ3v) is 2.20. The first-order chi connectivity index (χ1) is 5.25. The molecule has 1 saturated heterocycles. The molecule has 0 aromatic carbocycles. The van der Waals surface area contributed by atoms with Crippen molar-refractivity contribution in [3.05, 3.63) is 0 Å². The minimum atomic E-state index is 0.179. The van der Waals surface area contributed by atoms with E-state index in [2.05, 4.69) is 10.2 Å². The lowest BCUT2D eigenvalue weighted by Gasteiger charge is -2.33. The number of piperidine rings is 1. The summed E-state index contributed by atoms with van der Waals surface area (Å²) in [6.45, 7) is 1.03. The van der Waals surface area contributed by atoms with E-state index < -0.39 is 0 Å². The van der Waals surface area contributed by atoms with Gasteiger partial charge in [-0.15, -0.1) is 0 Å². The molecule has 0 saturated carbocycles. The minimum Gasteiger partial charge on any atom is -0.303 e. The van der Waals surface area contributed by atoms with Gasteiger partial charge in [0.2, 0.25) is 0 Å². The summed E-state index contributed by atoms with van der Waals surface area (Å²) in [6, 6.07) is 0. The molecule has 0 bridgehead atoms. The fourth-order valence-electron chi connectivity index (χ4n) is 1.60. The highest BCUT2D eigenvalue weighted by Gasteiger charge is 2.25. The van der Waals surface area contributed by atoms with Crippen LogP contribution in [0.15, 0.2) is 0 Å². The Hall–Kier alpha value is -0.410. The summed E-state index contributed by atoms with van der Waals surface area (Å²) in [5, 5.41) is 3.31. The van der Waals surface area contributed by atoms with Crippen LogP contribution in [0.1, 0.15) is 12.8 Å². The second kappa shape index (κ2) is 3.83. The average molecular weight is 156 g/mol. The molecule has 1 rings (SSSR count). The summed E-state index contributed by atoms with van der Waals surface area (Å²) in [7, 11) is 4.00. The van der Waals surface area contributed by atoms with Crippen molar-refractivity contribution in [3.8, 4) is 0 Å². The molecule has 0 amide bonds. The van der Waals surface area contributed by atoms with E-state index in [1.807, 2.05) is 14.1 Å². The zero-order chi connectivity index (χ0) is 8.27. The first-order valence-electron chi connectivity index (χ1n) is 4.11. The van der Waals surface area contributed by atoms with Crippen molar-refractivity contribution in [2.75, 3.05) is 20.6 Å². The van der Waals surface area contributed by atoms with Crippen LogP contribution < -0.4 is 5.32 Å². The Morgan fingerprint density at radius 2 is 2.27 bits per heavy atom. The molecule has 11 heavy (non-hydrogen) atoms. The summed E-state index contributed by atoms with van der Waals surface area (Å²) >= 11 is 0. The molecule has 1 fully saturated rings. The molecule has 0 aromatic rings. The van der Waals surface area contributed by atoms with Gasteiger partial charge < -0.3 is 10.1 Å². The van der Waals surface area contributed by atoms with E-state index in [0.717, 1.165) is 25.7 Å². The third-order valence-electron chi connectivity index (χ3n) is 2.20. The predicted molar refractivity (Wildman–Crippen MR) is 44.3 cm³/mol. The van der Waals surface area contributed by atoms with E-state index in [-0.39, 0.29) is 12.1 Å². The Bertz CT molecular complexity index is 136. The molecule has 64 valence electrons. The molecule has 3 nitrogen and oxygen atoms in total.